The van der Waals surface area contributed by atoms with Gasteiger partial charge < -0.3 is 19.1 Å². The summed E-state index contributed by atoms with van der Waals surface area (Å²) in [7, 11) is 0. The second-order valence-electron chi connectivity index (χ2n) is 6.21. The van der Waals surface area contributed by atoms with Crippen molar-refractivity contribution in [2.75, 3.05) is 30.9 Å². The van der Waals surface area contributed by atoms with Crippen molar-refractivity contribution in [1.29, 1.82) is 0 Å². The fraction of sp³-hybridized carbons (Fsp3) is 0.222. The van der Waals surface area contributed by atoms with Crippen molar-refractivity contribution in [2.24, 2.45) is 0 Å². The molecule has 0 bridgehead atoms. The van der Waals surface area contributed by atoms with Gasteiger partial charge in [0.2, 0.25) is 0 Å². The van der Waals surface area contributed by atoms with Crippen LogP contribution in [0.3, 0.4) is 0 Å². The maximum Gasteiger partial charge on any atom is 0.259 e. The van der Waals surface area contributed by atoms with E-state index in [1.165, 1.54) is 15.9 Å². The number of benzene rings is 2. The topological polar surface area (TPSA) is 92.8 Å². The van der Waals surface area contributed by atoms with E-state index in [1.807, 2.05) is 4.72 Å². The fourth-order valence-electron chi connectivity index (χ4n) is 2.98. The van der Waals surface area contributed by atoms with Gasteiger partial charge in [0.05, 0.1) is 5.69 Å². The summed E-state index contributed by atoms with van der Waals surface area (Å²) >= 11 is -2.70. The number of hydrogen-bond acceptors (Lipinski definition) is 4. The second kappa shape index (κ2) is 8.62. The molecule has 1 saturated heterocycles. The zero-order valence-corrected chi connectivity index (χ0v) is 15.7. The van der Waals surface area contributed by atoms with Gasteiger partial charge in [0.25, 0.3) is 11.8 Å². The number of nitrogens with one attached hydrogen (secondary N) is 1. The van der Waals surface area contributed by atoms with Gasteiger partial charge in [0.15, 0.2) is 0 Å². The Morgan fingerprint density at radius 3 is 1.97 bits per heavy atom. The van der Waals surface area contributed by atoms with Crippen molar-refractivity contribution >= 4 is 28.8 Å². The van der Waals surface area contributed by atoms with Crippen LogP contribution in [0, 0.1) is 17.5 Å². The number of hydrogen-bond donors (Lipinski definition) is 1. The number of amides is 2. The van der Waals surface area contributed by atoms with E-state index in [4.69, 9.17) is 0 Å². The summed E-state index contributed by atoms with van der Waals surface area (Å²) in [6.07, 6.45) is 0. The number of nitrogens with zero attached hydrogens (tertiary/aromatic N) is 2. The maximum atomic E-state index is 13.9. The highest BCUT2D eigenvalue weighted by molar-refractivity contribution is 7.80. The molecule has 29 heavy (non-hydrogen) atoms. The van der Waals surface area contributed by atoms with E-state index in [9.17, 15) is 31.5 Å². The number of halogens is 3. The number of carbonyl (C=O) groups is 2. The summed E-state index contributed by atoms with van der Waals surface area (Å²) in [4.78, 5) is 27.5. The molecule has 0 aliphatic carbocycles. The molecule has 11 heteroatoms. The van der Waals surface area contributed by atoms with Gasteiger partial charge in [0.1, 0.15) is 23.0 Å². The Morgan fingerprint density at radius 2 is 1.45 bits per heavy atom. The molecule has 2 aromatic rings. The molecule has 0 radical (unpaired) electrons. The lowest BCUT2D eigenvalue weighted by atomic mass is 10.1. The van der Waals surface area contributed by atoms with Crippen LogP contribution >= 0.6 is 0 Å². The molecule has 1 aliphatic heterocycles. The second-order valence-corrected chi connectivity index (χ2v) is 6.89. The molecule has 1 atom stereocenters. The summed E-state index contributed by atoms with van der Waals surface area (Å²) in [6, 6.07) is 6.44. The largest absolute Gasteiger partial charge is 0.755 e. The van der Waals surface area contributed by atoms with Crippen molar-refractivity contribution in [3.63, 3.8) is 0 Å². The summed E-state index contributed by atoms with van der Waals surface area (Å²) in [6.45, 7) is 0.283. The van der Waals surface area contributed by atoms with Gasteiger partial charge in [-0.25, -0.2) is 13.2 Å². The first-order valence-corrected chi connectivity index (χ1v) is 9.53. The van der Waals surface area contributed by atoms with Crippen molar-refractivity contribution in [3.8, 4) is 0 Å². The zero-order chi connectivity index (χ0) is 21.1. The molecule has 1 aliphatic rings. The highest BCUT2D eigenvalue weighted by Gasteiger charge is 2.28. The van der Waals surface area contributed by atoms with Crippen LogP contribution in [0.5, 0.6) is 0 Å². The molecule has 1 fully saturated rings. The van der Waals surface area contributed by atoms with Gasteiger partial charge in [-0.2, -0.15) is 0 Å². The molecule has 2 amide bonds. The number of rotatable bonds is 4. The van der Waals surface area contributed by atoms with Crippen LogP contribution in [-0.4, -0.2) is 56.6 Å². The Kier molecular flexibility index (Phi) is 6.18. The van der Waals surface area contributed by atoms with Crippen molar-refractivity contribution in [2.45, 2.75) is 0 Å². The minimum absolute atomic E-state index is 0.00431. The third-order valence-corrected chi connectivity index (χ3v) is 4.83. The third kappa shape index (κ3) is 4.57. The first kappa shape index (κ1) is 20.8. The van der Waals surface area contributed by atoms with Gasteiger partial charge in [-0.15, -0.1) is 0 Å². The monoisotopic (exact) mass is 426 g/mol. The molecule has 1 heterocycles. The minimum atomic E-state index is -2.70. The van der Waals surface area contributed by atoms with Crippen molar-refractivity contribution in [1.82, 2.24) is 9.80 Å². The highest BCUT2D eigenvalue weighted by atomic mass is 32.2. The third-order valence-electron chi connectivity index (χ3n) is 4.44. The van der Waals surface area contributed by atoms with E-state index in [2.05, 4.69) is 0 Å². The Morgan fingerprint density at radius 1 is 0.897 bits per heavy atom. The minimum Gasteiger partial charge on any atom is -0.755 e. The Bertz CT molecular complexity index is 961. The van der Waals surface area contributed by atoms with E-state index in [-0.39, 0.29) is 37.4 Å². The van der Waals surface area contributed by atoms with Gasteiger partial charge >= 0.3 is 0 Å². The number of carbonyl (C=O) groups excluding carboxylic acids is 2. The molecule has 7 nitrogen and oxygen atoms in total. The number of anilines is 1. The first-order chi connectivity index (χ1) is 13.8. The average molecular weight is 426 g/mol. The van der Waals surface area contributed by atoms with E-state index in [0.717, 1.165) is 30.3 Å². The maximum absolute atomic E-state index is 13.9. The van der Waals surface area contributed by atoms with E-state index < -0.39 is 46.1 Å². The summed E-state index contributed by atoms with van der Waals surface area (Å²) in [5, 5.41) is 0. The molecule has 2 aromatic carbocycles. The van der Waals surface area contributed by atoms with Crippen LogP contribution in [0.15, 0.2) is 36.4 Å². The van der Waals surface area contributed by atoms with Crippen molar-refractivity contribution in [3.05, 3.63) is 65.0 Å². The Hall–Kier alpha value is -2.92. The van der Waals surface area contributed by atoms with Crippen LogP contribution in [0.4, 0.5) is 18.9 Å². The molecular weight excluding hydrogens is 411 g/mol. The standard InChI is InChI=1S/C18H16F3N3O4S/c19-12-2-1-3-13(20)16(12)18(26)24-8-6-23(7-9-24)17(25)11-4-5-15(14(21)10-11)22-29(27)28/h1-5,10,22H,6-9H2,(H,27,28)/p-1. The van der Waals surface area contributed by atoms with Crippen molar-refractivity contribution < 1.29 is 31.5 Å². The Balaban J connectivity index is 1.66. The zero-order valence-electron chi connectivity index (χ0n) is 14.9. The van der Waals surface area contributed by atoms with Crippen LogP contribution in [0.1, 0.15) is 20.7 Å². The smallest absolute Gasteiger partial charge is 0.259 e. The molecular formula is C18H15F3N3O4S-. The quantitative estimate of drug-likeness (QED) is 0.756. The first-order valence-electron chi connectivity index (χ1n) is 8.46. The lowest BCUT2D eigenvalue weighted by molar-refractivity contribution is 0.0529. The predicted molar refractivity (Wildman–Crippen MR) is 97.1 cm³/mol. The molecule has 1 unspecified atom stereocenters. The normalized spacial score (nSPS) is 15.2. The van der Waals surface area contributed by atoms with Crippen LogP contribution < -0.4 is 4.72 Å². The van der Waals surface area contributed by atoms with Crippen LogP contribution in [-0.2, 0) is 11.3 Å². The summed E-state index contributed by atoms with van der Waals surface area (Å²) in [5.41, 5.74) is -0.935. The SMILES string of the molecule is O=C(c1ccc(NS(=O)[O-])c(F)c1)N1CCN(C(=O)c2c(F)cccc2F)CC1. The highest BCUT2D eigenvalue weighted by Crippen LogP contribution is 2.19. The predicted octanol–water partition coefficient (Wildman–Crippen LogP) is 1.91. The Labute approximate surface area is 166 Å². The molecule has 1 N–H and O–H groups in total. The van der Waals surface area contributed by atoms with Gasteiger partial charge in [-0.3, -0.25) is 13.8 Å². The van der Waals surface area contributed by atoms with Gasteiger partial charge in [-0.05, 0) is 30.3 Å². The van der Waals surface area contributed by atoms with Crippen LogP contribution in [0.25, 0.3) is 0 Å². The lowest BCUT2D eigenvalue weighted by Crippen LogP contribution is -2.50. The molecule has 3 rings (SSSR count). The summed E-state index contributed by atoms with van der Waals surface area (Å²) < 4.78 is 64.6. The fourth-order valence-corrected chi connectivity index (χ4v) is 3.32. The van der Waals surface area contributed by atoms with E-state index >= 15 is 0 Å². The number of piperazine rings is 1. The molecule has 0 spiro atoms. The molecule has 0 aromatic heterocycles. The van der Waals surface area contributed by atoms with Gasteiger partial charge in [-0.1, -0.05) is 6.07 Å². The summed E-state index contributed by atoms with van der Waals surface area (Å²) in [5.74, 6) is -4.15. The molecule has 154 valence electrons. The van der Waals surface area contributed by atoms with E-state index in [1.54, 1.807) is 0 Å². The van der Waals surface area contributed by atoms with Gasteiger partial charge in [0, 0.05) is 43.0 Å². The average Bonchev–Trinajstić information content (AvgIpc) is 2.68. The molecule has 0 saturated carbocycles. The van der Waals surface area contributed by atoms with E-state index in [0.29, 0.717) is 0 Å². The van der Waals surface area contributed by atoms with Crippen LogP contribution in [0.2, 0.25) is 0 Å². The lowest BCUT2D eigenvalue weighted by Gasteiger charge is -2.35.